The third kappa shape index (κ3) is 4.00. The lowest BCUT2D eigenvalue weighted by Crippen LogP contribution is -2.15. The summed E-state index contributed by atoms with van der Waals surface area (Å²) in [6, 6.07) is 18.9. The van der Waals surface area contributed by atoms with Crippen molar-refractivity contribution in [3.05, 3.63) is 95.6 Å². The predicted molar refractivity (Wildman–Crippen MR) is 92.8 cm³/mol. The van der Waals surface area contributed by atoms with Gasteiger partial charge in [-0.2, -0.15) is 0 Å². The van der Waals surface area contributed by atoms with E-state index in [-0.39, 0.29) is 5.56 Å². The molecular weight excluding hydrogens is 338 g/mol. The van der Waals surface area contributed by atoms with E-state index >= 15 is 0 Å². The number of rotatable bonds is 5. The molecule has 3 aromatic carbocycles. The third-order valence-corrected chi connectivity index (χ3v) is 3.79. The largest absolute Gasteiger partial charge is 0.454 e. The van der Waals surface area contributed by atoms with E-state index < -0.39 is 35.6 Å². The monoisotopic (exact) mass is 352 g/mol. The summed E-state index contributed by atoms with van der Waals surface area (Å²) in [5.74, 6) is -3.12. The van der Waals surface area contributed by atoms with Crippen LogP contribution in [0.25, 0.3) is 11.1 Å². The molecule has 0 unspecified atom stereocenters. The smallest absolute Gasteiger partial charge is 0.338 e. The molecule has 0 atom stereocenters. The Labute approximate surface area is 148 Å². The molecule has 3 aromatic rings. The zero-order valence-corrected chi connectivity index (χ0v) is 13.6. The number of halogens is 2. The van der Waals surface area contributed by atoms with Crippen LogP contribution in [0.15, 0.2) is 72.8 Å². The first-order valence-electron chi connectivity index (χ1n) is 7.85. The van der Waals surface area contributed by atoms with Gasteiger partial charge in [-0.15, -0.1) is 0 Å². The van der Waals surface area contributed by atoms with Gasteiger partial charge in [-0.05, 0) is 41.5 Å². The molecule has 0 amide bonds. The number of ether oxygens (including phenoxy) is 1. The Bertz CT molecular complexity index is 935. The summed E-state index contributed by atoms with van der Waals surface area (Å²) < 4.78 is 31.6. The van der Waals surface area contributed by atoms with Gasteiger partial charge in [0, 0.05) is 0 Å². The van der Waals surface area contributed by atoms with Crippen LogP contribution in [0.3, 0.4) is 0 Å². The van der Waals surface area contributed by atoms with Gasteiger partial charge >= 0.3 is 5.97 Å². The highest BCUT2D eigenvalue weighted by Gasteiger charge is 2.16. The maximum atomic E-state index is 13.5. The van der Waals surface area contributed by atoms with Crippen LogP contribution < -0.4 is 0 Å². The predicted octanol–water partition coefficient (Wildman–Crippen LogP) is 4.67. The molecule has 0 aliphatic carbocycles. The molecule has 0 aliphatic rings. The third-order valence-electron chi connectivity index (χ3n) is 3.79. The van der Waals surface area contributed by atoms with E-state index in [0.717, 1.165) is 29.3 Å². The molecule has 5 heteroatoms. The maximum absolute atomic E-state index is 13.5. The molecule has 0 heterocycles. The van der Waals surface area contributed by atoms with E-state index in [1.807, 2.05) is 30.3 Å². The minimum atomic E-state index is -0.861. The number of benzene rings is 3. The highest BCUT2D eigenvalue weighted by molar-refractivity contribution is 5.99. The molecule has 0 N–H and O–H groups in total. The van der Waals surface area contributed by atoms with E-state index in [0.29, 0.717) is 0 Å². The molecule has 0 spiro atoms. The van der Waals surface area contributed by atoms with Crippen LogP contribution in [-0.2, 0) is 4.74 Å². The lowest BCUT2D eigenvalue weighted by Gasteiger charge is -2.06. The number of esters is 1. The number of hydrogen-bond donors (Lipinski definition) is 0. The number of hydrogen-bond acceptors (Lipinski definition) is 3. The summed E-state index contributed by atoms with van der Waals surface area (Å²) in [5.41, 5.74) is 1.75. The summed E-state index contributed by atoms with van der Waals surface area (Å²) in [4.78, 5) is 23.9. The summed E-state index contributed by atoms with van der Waals surface area (Å²) in [5, 5.41) is 0. The molecule has 0 saturated heterocycles. The van der Waals surface area contributed by atoms with E-state index in [1.165, 1.54) is 0 Å². The van der Waals surface area contributed by atoms with Crippen molar-refractivity contribution in [3.63, 3.8) is 0 Å². The Kier molecular flexibility index (Phi) is 5.17. The van der Waals surface area contributed by atoms with Gasteiger partial charge in [0.05, 0.1) is 11.1 Å². The summed E-state index contributed by atoms with van der Waals surface area (Å²) in [6.07, 6.45) is 0. The fourth-order valence-electron chi connectivity index (χ4n) is 2.43. The molecule has 0 saturated carbocycles. The minimum absolute atomic E-state index is 0.261. The Morgan fingerprint density at radius 2 is 1.46 bits per heavy atom. The Morgan fingerprint density at radius 1 is 0.808 bits per heavy atom. The second-order valence-corrected chi connectivity index (χ2v) is 5.57. The maximum Gasteiger partial charge on any atom is 0.338 e. The van der Waals surface area contributed by atoms with E-state index in [9.17, 15) is 18.4 Å². The SMILES string of the molecule is O=C(OCC(=O)c1cc(F)ccc1F)c1ccc(-c2ccccc2)cc1. The van der Waals surface area contributed by atoms with Crippen LogP contribution in [0.1, 0.15) is 20.7 Å². The number of Topliss-reactive ketones (excluding diaryl/α,β-unsaturated/α-hetero) is 1. The number of ketones is 1. The zero-order chi connectivity index (χ0) is 18.5. The second-order valence-electron chi connectivity index (χ2n) is 5.57. The van der Waals surface area contributed by atoms with Crippen molar-refractivity contribution in [1.82, 2.24) is 0 Å². The molecule has 0 aliphatic heterocycles. The quantitative estimate of drug-likeness (QED) is 0.495. The van der Waals surface area contributed by atoms with Crippen molar-refractivity contribution in [2.75, 3.05) is 6.61 Å². The van der Waals surface area contributed by atoms with E-state index in [2.05, 4.69) is 0 Å². The van der Waals surface area contributed by atoms with E-state index in [4.69, 9.17) is 4.74 Å². The zero-order valence-electron chi connectivity index (χ0n) is 13.6. The first-order valence-corrected chi connectivity index (χ1v) is 7.85. The van der Waals surface area contributed by atoms with Crippen molar-refractivity contribution in [2.45, 2.75) is 0 Å². The van der Waals surface area contributed by atoms with Crippen molar-refractivity contribution in [1.29, 1.82) is 0 Å². The van der Waals surface area contributed by atoms with Gasteiger partial charge in [-0.25, -0.2) is 13.6 Å². The van der Waals surface area contributed by atoms with Gasteiger partial charge in [-0.1, -0.05) is 42.5 Å². The fraction of sp³-hybridized carbons (Fsp3) is 0.0476. The molecular formula is C21H14F2O3. The van der Waals surface area contributed by atoms with Crippen LogP contribution >= 0.6 is 0 Å². The van der Waals surface area contributed by atoms with Crippen LogP contribution in [-0.4, -0.2) is 18.4 Å². The summed E-state index contributed by atoms with van der Waals surface area (Å²) in [6.45, 7) is -0.667. The number of carbonyl (C=O) groups is 2. The molecule has 0 radical (unpaired) electrons. The molecule has 3 rings (SSSR count). The average molecular weight is 352 g/mol. The minimum Gasteiger partial charge on any atom is -0.454 e. The Morgan fingerprint density at radius 3 is 2.15 bits per heavy atom. The Hall–Kier alpha value is -3.34. The molecule has 0 fully saturated rings. The van der Waals surface area contributed by atoms with Gasteiger partial charge in [0.2, 0.25) is 5.78 Å². The first kappa shape index (κ1) is 17.5. The van der Waals surface area contributed by atoms with Crippen LogP contribution in [0, 0.1) is 11.6 Å². The molecule has 3 nitrogen and oxygen atoms in total. The fourth-order valence-corrected chi connectivity index (χ4v) is 2.43. The lowest BCUT2D eigenvalue weighted by molar-refractivity contribution is 0.0473. The molecule has 26 heavy (non-hydrogen) atoms. The van der Waals surface area contributed by atoms with Crippen molar-refractivity contribution in [2.24, 2.45) is 0 Å². The molecule has 0 aromatic heterocycles. The van der Waals surface area contributed by atoms with Gasteiger partial charge < -0.3 is 4.74 Å². The van der Waals surface area contributed by atoms with E-state index in [1.54, 1.807) is 24.3 Å². The Balaban J connectivity index is 1.65. The topological polar surface area (TPSA) is 43.4 Å². The number of carbonyl (C=O) groups excluding carboxylic acids is 2. The van der Waals surface area contributed by atoms with Crippen LogP contribution in [0.2, 0.25) is 0 Å². The highest BCUT2D eigenvalue weighted by atomic mass is 19.1. The van der Waals surface area contributed by atoms with Crippen molar-refractivity contribution in [3.8, 4) is 11.1 Å². The standard InChI is InChI=1S/C21H14F2O3/c22-17-10-11-19(23)18(12-17)20(24)13-26-21(25)16-8-6-15(7-9-16)14-4-2-1-3-5-14/h1-12H,13H2. The summed E-state index contributed by atoms with van der Waals surface area (Å²) >= 11 is 0. The van der Waals surface area contributed by atoms with Gasteiger partial charge in [0.25, 0.3) is 0 Å². The highest BCUT2D eigenvalue weighted by Crippen LogP contribution is 2.19. The average Bonchev–Trinajstić information content (AvgIpc) is 2.68. The van der Waals surface area contributed by atoms with Crippen LogP contribution in [0.5, 0.6) is 0 Å². The first-order chi connectivity index (χ1) is 12.5. The normalized spacial score (nSPS) is 10.4. The van der Waals surface area contributed by atoms with Crippen LogP contribution in [0.4, 0.5) is 8.78 Å². The molecule has 130 valence electrons. The van der Waals surface area contributed by atoms with Gasteiger partial charge in [0.1, 0.15) is 11.6 Å². The van der Waals surface area contributed by atoms with Gasteiger partial charge in [0.15, 0.2) is 6.61 Å². The lowest BCUT2D eigenvalue weighted by atomic mass is 10.0. The molecule has 0 bridgehead atoms. The second kappa shape index (κ2) is 7.70. The van der Waals surface area contributed by atoms with Crippen molar-refractivity contribution >= 4 is 11.8 Å². The summed E-state index contributed by atoms with van der Waals surface area (Å²) in [7, 11) is 0. The van der Waals surface area contributed by atoms with Gasteiger partial charge in [-0.3, -0.25) is 4.79 Å². The van der Waals surface area contributed by atoms with Crippen molar-refractivity contribution < 1.29 is 23.1 Å².